The maximum absolute atomic E-state index is 10.0. The molecular weight excluding hydrogens is 424 g/mol. The van der Waals surface area contributed by atoms with Crippen molar-refractivity contribution in [3.63, 3.8) is 0 Å². The van der Waals surface area contributed by atoms with Crippen molar-refractivity contribution in [1.29, 1.82) is 0 Å². The van der Waals surface area contributed by atoms with Crippen LogP contribution in [0.25, 0.3) is 10.4 Å². The van der Waals surface area contributed by atoms with Gasteiger partial charge in [-0.15, -0.1) is 12.6 Å². The second kappa shape index (κ2) is 12.8. The molecule has 0 saturated carbocycles. The summed E-state index contributed by atoms with van der Waals surface area (Å²) in [5.74, 6) is 0. The van der Waals surface area contributed by atoms with E-state index < -0.39 is 16.0 Å². The summed E-state index contributed by atoms with van der Waals surface area (Å²) in [7, 11) is 0.509. The first kappa shape index (κ1) is 20.0. The molecule has 0 amide bonds. The molecule has 20 heavy (non-hydrogen) atoms. The summed E-state index contributed by atoms with van der Waals surface area (Å²) in [6.45, 7) is 2.20. The first-order valence-electron chi connectivity index (χ1n) is 5.32. The molecule has 0 bridgehead atoms. The van der Waals surface area contributed by atoms with Gasteiger partial charge in [0.25, 0.3) is 0 Å². The van der Waals surface area contributed by atoms with Crippen LogP contribution in [0, 0.1) is 0 Å². The van der Waals surface area contributed by atoms with Crippen molar-refractivity contribution in [2.75, 3.05) is 13.1 Å². The average Bonchev–Trinajstić information content (AvgIpc) is 2.37. The number of azide groups is 1. The van der Waals surface area contributed by atoms with Crippen molar-refractivity contribution in [2.24, 2.45) is 5.22 Å². The number of nitrogens with zero attached hydrogens (tertiary/aromatic N) is 4. The van der Waals surface area contributed by atoms with Crippen LogP contribution in [0.5, 0.6) is 0 Å². The van der Waals surface area contributed by atoms with Gasteiger partial charge >= 0.3 is 69.9 Å². The second-order valence-corrected chi connectivity index (χ2v) is 9.58. The molecule has 13 heteroatoms. The number of hydrazine groups is 1. The summed E-state index contributed by atoms with van der Waals surface area (Å²) >= 11 is 9.70. The van der Waals surface area contributed by atoms with Gasteiger partial charge in [0, 0.05) is 13.1 Å². The van der Waals surface area contributed by atoms with Crippen molar-refractivity contribution in [2.45, 2.75) is 19.3 Å². The molecule has 8 nitrogen and oxygen atoms in total. The van der Waals surface area contributed by atoms with Gasteiger partial charge in [-0.3, -0.25) is 0 Å². The van der Waals surface area contributed by atoms with E-state index in [9.17, 15) is 6.80 Å². The zero-order valence-corrected chi connectivity index (χ0v) is 15.6. The number of hydrogen-bond acceptors (Lipinski definition) is 7. The maximum atomic E-state index is 10.0. The summed E-state index contributed by atoms with van der Waals surface area (Å²) in [4.78, 5) is 2.31. The number of thiocarbonyl (C=S) groups is 2. The van der Waals surface area contributed by atoms with Gasteiger partial charge in [-0.05, 0) is 12.8 Å². The molecule has 0 atom stereocenters. The molecular formula is C7H13MoN6O2S4. The molecule has 1 aliphatic heterocycles. The molecule has 0 aromatic rings. The predicted molar refractivity (Wildman–Crippen MR) is 84.0 cm³/mol. The predicted octanol–water partition coefficient (Wildman–Crippen LogP) is 2.24. The van der Waals surface area contributed by atoms with Gasteiger partial charge < -0.3 is 5.43 Å². The Labute approximate surface area is 141 Å². The quantitative estimate of drug-likeness (QED) is 0.117. The summed E-state index contributed by atoms with van der Waals surface area (Å²) < 4.78 is 20.6. The van der Waals surface area contributed by atoms with E-state index in [4.69, 9.17) is 17.7 Å². The van der Waals surface area contributed by atoms with Gasteiger partial charge in [0.1, 0.15) is 4.32 Å². The Bertz CT molecular complexity index is 439. The van der Waals surface area contributed by atoms with Gasteiger partial charge in [0.15, 0.2) is 0 Å². The molecule has 113 valence electrons. The van der Waals surface area contributed by atoms with Gasteiger partial charge in [-0.25, -0.2) is 5.01 Å². The van der Waals surface area contributed by atoms with Crippen LogP contribution in [0.1, 0.15) is 19.3 Å². The summed E-state index contributed by atoms with van der Waals surface area (Å²) in [6, 6.07) is 0. The van der Waals surface area contributed by atoms with Crippen LogP contribution in [0.4, 0.5) is 0 Å². The molecule has 1 aliphatic rings. The van der Waals surface area contributed by atoms with E-state index in [1.165, 1.54) is 19.3 Å². The molecule has 0 unspecified atom stereocenters. The number of nitrogens with one attached hydrogen (secondary N) is 2. The topological polar surface area (TPSA) is 110 Å². The molecule has 0 aromatic carbocycles. The molecule has 1 rings (SSSR count). The standard InChI is InChI=1S/C6H12N2S2.CH2N4S2.Mo.2O/c9-6(10)7-8-4-2-1-3-5-8;2-4-5-3-1(6)7;;;/h1-5H2,(H2,7,9,10);(H2,3,6,7);;;/q;;+1;;/p-1. The van der Waals surface area contributed by atoms with Gasteiger partial charge in [0.2, 0.25) is 0 Å². The average molecular weight is 437 g/mol. The Hall–Kier alpha value is 0.0383. The van der Waals surface area contributed by atoms with Crippen LogP contribution in [-0.4, -0.2) is 26.7 Å². The van der Waals surface area contributed by atoms with Crippen LogP contribution in [-0.2, 0) is 22.8 Å². The van der Waals surface area contributed by atoms with Gasteiger partial charge in [0.05, 0.1) is 0 Å². The first-order chi connectivity index (χ1) is 9.45. The van der Waals surface area contributed by atoms with Gasteiger partial charge in [-0.1, -0.05) is 18.6 Å². The first-order valence-corrected chi connectivity index (χ1v) is 11.4. The Morgan fingerprint density at radius 1 is 1.35 bits per heavy atom. The molecule has 0 aromatic heterocycles. The SMILES string of the molecule is S=C(S)NN1CCCCC1.[N-]=[N+]=NNC(=S)[S][Mo](=[O])=[O]. The fraction of sp³-hybridized carbons (Fsp3) is 0.714. The van der Waals surface area contributed by atoms with E-state index in [0.29, 0.717) is 13.8 Å². The normalized spacial score (nSPS) is 14.1. The van der Waals surface area contributed by atoms with E-state index in [0.717, 1.165) is 13.1 Å². The zero-order valence-electron chi connectivity index (χ0n) is 10.2. The summed E-state index contributed by atoms with van der Waals surface area (Å²) in [6.07, 6.45) is 3.88. The second-order valence-electron chi connectivity index (χ2n) is 3.34. The van der Waals surface area contributed by atoms with E-state index in [2.05, 4.69) is 45.4 Å². The van der Waals surface area contributed by atoms with E-state index in [1.54, 1.807) is 0 Å². The minimum absolute atomic E-state index is 0.0422. The zero-order chi connectivity index (χ0) is 15.4. The third kappa shape index (κ3) is 13.0. The van der Waals surface area contributed by atoms with Crippen LogP contribution in [0.15, 0.2) is 5.22 Å². The Morgan fingerprint density at radius 2 is 1.95 bits per heavy atom. The number of piperidine rings is 1. The number of hydrogen-bond donors (Lipinski definition) is 3. The summed E-state index contributed by atoms with van der Waals surface area (Å²) in [5.41, 5.74) is 12.8. The molecule has 0 radical (unpaired) electrons. The number of rotatable bonds is 3. The van der Waals surface area contributed by atoms with E-state index in [-0.39, 0.29) is 4.32 Å². The van der Waals surface area contributed by atoms with Crippen LogP contribution < -0.4 is 10.9 Å². The van der Waals surface area contributed by atoms with Crippen molar-refractivity contribution >= 4 is 55.2 Å². The molecule has 2 N–H and O–H groups in total. The fourth-order valence-corrected chi connectivity index (χ4v) is 3.97. The molecule has 1 heterocycles. The Morgan fingerprint density at radius 3 is 2.40 bits per heavy atom. The summed E-state index contributed by atoms with van der Waals surface area (Å²) in [5, 5.41) is 4.97. The van der Waals surface area contributed by atoms with Gasteiger partial charge in [-0.2, -0.15) is 0 Å². The monoisotopic (exact) mass is 439 g/mol. The third-order valence-corrected chi connectivity index (χ3v) is 5.93. The van der Waals surface area contributed by atoms with Crippen LogP contribution >= 0.6 is 46.5 Å². The Balaban J connectivity index is 0.000000361. The van der Waals surface area contributed by atoms with Crippen molar-refractivity contribution < 1.29 is 22.8 Å². The van der Waals surface area contributed by atoms with Crippen molar-refractivity contribution in [3.8, 4) is 0 Å². The fourth-order valence-electron chi connectivity index (χ4n) is 1.28. The minimum atomic E-state index is -3.50. The van der Waals surface area contributed by atoms with Crippen LogP contribution in [0.2, 0.25) is 0 Å². The molecule has 0 aliphatic carbocycles. The third-order valence-electron chi connectivity index (χ3n) is 1.94. The van der Waals surface area contributed by atoms with E-state index in [1.807, 2.05) is 5.43 Å². The Kier molecular flexibility index (Phi) is 12.8. The van der Waals surface area contributed by atoms with Crippen LogP contribution in [0.3, 0.4) is 0 Å². The molecule has 1 saturated heterocycles. The van der Waals surface area contributed by atoms with Crippen molar-refractivity contribution in [3.05, 3.63) is 10.4 Å². The van der Waals surface area contributed by atoms with Crippen molar-refractivity contribution in [1.82, 2.24) is 15.9 Å². The molecule has 0 spiro atoms. The van der Waals surface area contributed by atoms with E-state index >= 15 is 0 Å². The number of thiol groups is 1. The molecule has 1 fully saturated rings.